The fourth-order valence-corrected chi connectivity index (χ4v) is 6.17. The van der Waals surface area contributed by atoms with E-state index in [9.17, 15) is 0 Å². The molecule has 2 N–H and O–H groups in total. The molecule has 0 saturated carbocycles. The molecule has 0 atom stereocenters. The van der Waals surface area contributed by atoms with Crippen molar-refractivity contribution in [2.75, 3.05) is 61.1 Å². The van der Waals surface area contributed by atoms with Gasteiger partial charge in [-0.15, -0.1) is 0 Å². The minimum Gasteiger partial charge on any atom is -0.381 e. The number of hydrogen-bond acceptors (Lipinski definition) is 6. The molecule has 38 heavy (non-hydrogen) atoms. The van der Waals surface area contributed by atoms with E-state index in [1.54, 1.807) is 0 Å². The van der Waals surface area contributed by atoms with Gasteiger partial charge in [-0.25, -0.2) is 0 Å². The highest BCUT2D eigenvalue weighted by Crippen LogP contribution is 2.35. The monoisotopic (exact) mass is 556 g/mol. The van der Waals surface area contributed by atoms with E-state index in [-0.39, 0.29) is 5.41 Å². The molecule has 3 saturated heterocycles. The average molecular weight is 557 g/mol. The van der Waals surface area contributed by atoms with E-state index in [2.05, 4.69) is 52.5 Å². The summed E-state index contributed by atoms with van der Waals surface area (Å²) in [6, 6.07) is 10.3. The van der Waals surface area contributed by atoms with Gasteiger partial charge in [0.25, 0.3) is 0 Å². The molecule has 206 valence electrons. The number of thiocarbonyl (C=S) groups is 1. The van der Waals surface area contributed by atoms with Gasteiger partial charge >= 0.3 is 0 Å². The van der Waals surface area contributed by atoms with Crippen LogP contribution >= 0.6 is 23.8 Å². The number of ether oxygens (including phenoxy) is 1. The van der Waals surface area contributed by atoms with Gasteiger partial charge in [0, 0.05) is 62.4 Å². The summed E-state index contributed by atoms with van der Waals surface area (Å²) >= 11 is 12.1. The predicted octanol–water partition coefficient (Wildman–Crippen LogP) is 5.64. The Labute approximate surface area is 237 Å². The van der Waals surface area contributed by atoms with Crippen LogP contribution in [0.1, 0.15) is 57.9 Å². The molecule has 1 aromatic carbocycles. The summed E-state index contributed by atoms with van der Waals surface area (Å²) in [7, 11) is 0. The Kier molecular flexibility index (Phi) is 8.91. The van der Waals surface area contributed by atoms with Crippen LogP contribution in [-0.4, -0.2) is 61.0 Å². The number of anilines is 3. The molecular weight excluding hydrogens is 516 g/mol. The Hall–Kier alpha value is -2.16. The van der Waals surface area contributed by atoms with Crippen LogP contribution in [0.3, 0.4) is 0 Å². The third-order valence-corrected chi connectivity index (χ3v) is 9.10. The van der Waals surface area contributed by atoms with Gasteiger partial charge in [-0.05, 0) is 80.3 Å². The van der Waals surface area contributed by atoms with E-state index in [0.29, 0.717) is 17.6 Å². The Bertz CT molecular complexity index is 1050. The summed E-state index contributed by atoms with van der Waals surface area (Å²) in [5.41, 5.74) is 1.14. The lowest BCUT2D eigenvalue weighted by molar-refractivity contribution is 0.0515. The van der Waals surface area contributed by atoms with Crippen LogP contribution in [0.2, 0.25) is 5.02 Å². The Morgan fingerprint density at radius 1 is 0.974 bits per heavy atom. The highest BCUT2D eigenvalue weighted by atomic mass is 35.5. The molecule has 1 aromatic heterocycles. The van der Waals surface area contributed by atoms with Crippen molar-refractivity contribution in [1.82, 2.24) is 15.3 Å². The first-order valence-electron chi connectivity index (χ1n) is 14.2. The van der Waals surface area contributed by atoms with Gasteiger partial charge in [-0.1, -0.05) is 37.6 Å². The summed E-state index contributed by atoms with van der Waals surface area (Å²) in [4.78, 5) is 14.6. The van der Waals surface area contributed by atoms with Crippen LogP contribution in [-0.2, 0) is 10.2 Å². The van der Waals surface area contributed by atoms with E-state index < -0.39 is 0 Å². The van der Waals surface area contributed by atoms with Crippen LogP contribution in [0.15, 0.2) is 30.3 Å². The second-order valence-electron chi connectivity index (χ2n) is 11.5. The predicted molar refractivity (Wildman–Crippen MR) is 161 cm³/mol. The first-order chi connectivity index (χ1) is 18.4. The van der Waals surface area contributed by atoms with Crippen LogP contribution in [0.4, 0.5) is 17.6 Å². The van der Waals surface area contributed by atoms with Gasteiger partial charge in [0.05, 0.1) is 0 Å². The SMILES string of the molecule is CC1CCN(c2cc(N3CCC(C)CC3)nc(NC(=S)NCC3(c4cccc(Cl)c4)CCOCC3)n2)CC1. The molecule has 0 radical (unpaired) electrons. The number of halogens is 1. The molecule has 4 heterocycles. The van der Waals surface area contributed by atoms with Gasteiger partial charge in [0.15, 0.2) is 5.11 Å². The highest BCUT2D eigenvalue weighted by Gasteiger charge is 2.35. The summed E-state index contributed by atoms with van der Waals surface area (Å²) in [6.07, 6.45) is 6.61. The quantitative estimate of drug-likeness (QED) is 0.443. The maximum Gasteiger partial charge on any atom is 0.232 e. The highest BCUT2D eigenvalue weighted by molar-refractivity contribution is 7.80. The lowest BCUT2D eigenvalue weighted by atomic mass is 9.74. The molecule has 9 heteroatoms. The third kappa shape index (κ3) is 6.69. The minimum absolute atomic E-state index is 0.0856. The fourth-order valence-electron chi connectivity index (χ4n) is 5.82. The zero-order valence-electron chi connectivity index (χ0n) is 22.7. The van der Waals surface area contributed by atoms with Crippen LogP contribution < -0.4 is 20.4 Å². The van der Waals surface area contributed by atoms with E-state index >= 15 is 0 Å². The van der Waals surface area contributed by atoms with E-state index in [1.165, 1.54) is 31.2 Å². The molecule has 0 unspecified atom stereocenters. The topological polar surface area (TPSA) is 65.5 Å². The number of piperidine rings is 2. The van der Waals surface area contributed by atoms with Crippen LogP contribution in [0.25, 0.3) is 0 Å². The van der Waals surface area contributed by atoms with Crippen molar-refractivity contribution in [2.45, 2.75) is 57.8 Å². The van der Waals surface area contributed by atoms with Crippen molar-refractivity contribution in [1.29, 1.82) is 0 Å². The Morgan fingerprint density at radius 3 is 2.11 bits per heavy atom. The number of hydrogen-bond donors (Lipinski definition) is 2. The summed E-state index contributed by atoms with van der Waals surface area (Å²) in [6.45, 7) is 10.9. The molecule has 0 aliphatic carbocycles. The first kappa shape index (κ1) is 27.4. The van der Waals surface area contributed by atoms with Gasteiger partial charge in [0.2, 0.25) is 5.95 Å². The van der Waals surface area contributed by atoms with Gasteiger partial charge in [-0.2, -0.15) is 9.97 Å². The Balaban J connectivity index is 1.32. The van der Waals surface area contributed by atoms with E-state index in [1.807, 2.05) is 12.1 Å². The molecule has 7 nitrogen and oxygen atoms in total. The van der Waals surface area contributed by atoms with Crippen LogP contribution in [0, 0.1) is 11.8 Å². The maximum atomic E-state index is 6.36. The minimum atomic E-state index is -0.0856. The van der Waals surface area contributed by atoms with Crippen molar-refractivity contribution in [3.8, 4) is 0 Å². The average Bonchev–Trinajstić information content (AvgIpc) is 2.93. The molecule has 0 amide bonds. The molecule has 2 aromatic rings. The largest absolute Gasteiger partial charge is 0.381 e. The van der Waals surface area contributed by atoms with E-state index in [0.717, 1.165) is 80.7 Å². The second-order valence-corrected chi connectivity index (χ2v) is 12.3. The van der Waals surface area contributed by atoms with Crippen molar-refractivity contribution >= 4 is 46.5 Å². The lowest BCUT2D eigenvalue weighted by Gasteiger charge is -2.38. The number of nitrogens with one attached hydrogen (secondary N) is 2. The molecule has 0 bridgehead atoms. The van der Waals surface area contributed by atoms with Gasteiger partial charge in [0.1, 0.15) is 11.6 Å². The zero-order chi connectivity index (χ0) is 26.5. The fraction of sp³-hybridized carbons (Fsp3) is 0.621. The molecule has 5 rings (SSSR count). The van der Waals surface area contributed by atoms with Gasteiger partial charge < -0.3 is 25.2 Å². The summed E-state index contributed by atoms with van der Waals surface area (Å²) in [5, 5.41) is 8.11. The van der Waals surface area contributed by atoms with Crippen LogP contribution in [0.5, 0.6) is 0 Å². The molecular formula is C29H41ClN6OS. The smallest absolute Gasteiger partial charge is 0.232 e. The first-order valence-corrected chi connectivity index (χ1v) is 15.0. The third-order valence-electron chi connectivity index (χ3n) is 8.61. The zero-order valence-corrected chi connectivity index (χ0v) is 24.3. The maximum absolute atomic E-state index is 6.36. The standard InChI is InChI=1S/C29H41ClN6OS/c1-21-6-12-35(13-7-21)25-19-26(36-14-8-22(2)9-15-36)33-27(32-25)34-28(38)31-20-29(10-16-37-17-11-29)23-4-3-5-24(30)18-23/h3-5,18-19,21-22H,6-17,20H2,1-2H3,(H2,31,32,33,34,38). The van der Waals surface area contributed by atoms with E-state index in [4.69, 9.17) is 38.5 Å². The Morgan fingerprint density at radius 2 is 1.55 bits per heavy atom. The van der Waals surface area contributed by atoms with Crippen molar-refractivity contribution in [2.24, 2.45) is 11.8 Å². The summed E-state index contributed by atoms with van der Waals surface area (Å²) in [5.74, 6) is 4.08. The number of rotatable bonds is 6. The lowest BCUT2D eigenvalue weighted by Crippen LogP contribution is -2.45. The number of nitrogens with zero attached hydrogens (tertiary/aromatic N) is 4. The number of aromatic nitrogens is 2. The van der Waals surface area contributed by atoms with Gasteiger partial charge in [-0.3, -0.25) is 0 Å². The second kappa shape index (κ2) is 12.3. The molecule has 3 aliphatic rings. The van der Waals surface area contributed by atoms with Crippen molar-refractivity contribution in [3.05, 3.63) is 40.9 Å². The molecule has 3 fully saturated rings. The summed E-state index contributed by atoms with van der Waals surface area (Å²) < 4.78 is 5.70. The molecule has 0 spiro atoms. The normalized spacial score (nSPS) is 20.8. The molecule has 3 aliphatic heterocycles. The van der Waals surface area contributed by atoms with Crippen molar-refractivity contribution < 1.29 is 4.74 Å². The van der Waals surface area contributed by atoms with Crippen molar-refractivity contribution in [3.63, 3.8) is 0 Å². The number of benzene rings is 1.